The van der Waals surface area contributed by atoms with Crippen LogP contribution in [0.25, 0.3) is 0 Å². The van der Waals surface area contributed by atoms with Crippen molar-refractivity contribution in [3.05, 3.63) is 35.4 Å². The number of hydrogen-bond acceptors (Lipinski definition) is 3. The van der Waals surface area contributed by atoms with E-state index in [4.69, 9.17) is 10.5 Å². The molecule has 1 fully saturated rings. The number of benzene rings is 1. The molecule has 1 aliphatic heterocycles. The Morgan fingerprint density at radius 1 is 1.28 bits per heavy atom. The van der Waals surface area contributed by atoms with Crippen molar-refractivity contribution in [2.24, 2.45) is 11.7 Å². The largest absolute Gasteiger partial charge is 0.381 e. The molecule has 98 valence electrons. The van der Waals surface area contributed by atoms with Gasteiger partial charge in [0.2, 0.25) is 5.91 Å². The molecule has 1 saturated heterocycles. The van der Waals surface area contributed by atoms with Gasteiger partial charge in [-0.25, -0.2) is 0 Å². The number of nitrogens with one attached hydrogen (secondary N) is 1. The summed E-state index contributed by atoms with van der Waals surface area (Å²) >= 11 is 0. The van der Waals surface area contributed by atoms with Gasteiger partial charge < -0.3 is 15.8 Å². The first kappa shape index (κ1) is 13.1. The molecule has 0 atom stereocenters. The maximum atomic E-state index is 12.0. The number of rotatable bonds is 4. The Labute approximate surface area is 108 Å². The highest BCUT2D eigenvalue weighted by molar-refractivity contribution is 5.78. The van der Waals surface area contributed by atoms with Crippen molar-refractivity contribution in [1.29, 1.82) is 0 Å². The first-order valence-electron chi connectivity index (χ1n) is 6.43. The molecule has 0 unspecified atom stereocenters. The fourth-order valence-electron chi connectivity index (χ4n) is 2.22. The number of ether oxygens (including phenoxy) is 1. The normalized spacial score (nSPS) is 16.5. The van der Waals surface area contributed by atoms with Gasteiger partial charge in [0, 0.05) is 32.2 Å². The zero-order valence-electron chi connectivity index (χ0n) is 10.5. The lowest BCUT2D eigenvalue weighted by Crippen LogP contribution is -2.34. The minimum atomic E-state index is 0.101. The summed E-state index contributed by atoms with van der Waals surface area (Å²) in [6.45, 7) is 2.45. The van der Waals surface area contributed by atoms with Crippen LogP contribution in [0.1, 0.15) is 24.0 Å². The molecule has 0 spiro atoms. The topological polar surface area (TPSA) is 64.3 Å². The molecule has 0 radical (unpaired) electrons. The van der Waals surface area contributed by atoms with Gasteiger partial charge in [0.25, 0.3) is 0 Å². The Morgan fingerprint density at radius 2 is 1.94 bits per heavy atom. The van der Waals surface area contributed by atoms with Crippen LogP contribution < -0.4 is 11.1 Å². The average Bonchev–Trinajstić information content (AvgIpc) is 2.46. The number of hydrogen-bond donors (Lipinski definition) is 2. The van der Waals surface area contributed by atoms with E-state index in [9.17, 15) is 4.79 Å². The van der Waals surface area contributed by atoms with E-state index in [1.807, 2.05) is 24.3 Å². The molecule has 4 nitrogen and oxygen atoms in total. The van der Waals surface area contributed by atoms with Crippen LogP contribution in [-0.4, -0.2) is 19.1 Å². The van der Waals surface area contributed by atoms with E-state index in [1.165, 1.54) is 0 Å². The highest BCUT2D eigenvalue weighted by Crippen LogP contribution is 2.15. The number of carbonyl (C=O) groups is 1. The van der Waals surface area contributed by atoms with E-state index in [0.717, 1.165) is 24.0 Å². The molecule has 0 aromatic heterocycles. The molecule has 1 aliphatic rings. The second-order valence-corrected chi connectivity index (χ2v) is 4.58. The molecule has 0 saturated carbocycles. The molecule has 2 rings (SSSR count). The maximum Gasteiger partial charge on any atom is 0.223 e. The smallest absolute Gasteiger partial charge is 0.223 e. The highest BCUT2D eigenvalue weighted by Gasteiger charge is 2.21. The van der Waals surface area contributed by atoms with E-state index in [-0.39, 0.29) is 11.8 Å². The van der Waals surface area contributed by atoms with Crippen molar-refractivity contribution in [3.63, 3.8) is 0 Å². The Morgan fingerprint density at radius 3 is 2.61 bits per heavy atom. The van der Waals surface area contributed by atoms with Gasteiger partial charge >= 0.3 is 0 Å². The van der Waals surface area contributed by atoms with Gasteiger partial charge in [-0.05, 0) is 24.0 Å². The summed E-state index contributed by atoms with van der Waals surface area (Å²) in [5.41, 5.74) is 7.86. The van der Waals surface area contributed by atoms with E-state index in [1.54, 1.807) is 0 Å². The minimum Gasteiger partial charge on any atom is -0.381 e. The van der Waals surface area contributed by atoms with Crippen molar-refractivity contribution in [2.45, 2.75) is 25.9 Å². The van der Waals surface area contributed by atoms with Crippen LogP contribution in [0, 0.1) is 5.92 Å². The minimum absolute atomic E-state index is 0.101. The fraction of sp³-hybridized carbons (Fsp3) is 0.500. The summed E-state index contributed by atoms with van der Waals surface area (Å²) in [7, 11) is 0. The van der Waals surface area contributed by atoms with Crippen LogP contribution in [0.3, 0.4) is 0 Å². The standard InChI is InChI=1S/C14H20N2O2/c15-9-12-3-1-2-4-13(12)10-16-14(17)11-5-7-18-8-6-11/h1-4,11H,5-10,15H2,(H,16,17). The summed E-state index contributed by atoms with van der Waals surface area (Å²) < 4.78 is 5.25. The molecule has 4 heteroatoms. The van der Waals surface area contributed by atoms with Gasteiger partial charge in [0.15, 0.2) is 0 Å². The molecule has 18 heavy (non-hydrogen) atoms. The van der Waals surface area contributed by atoms with Crippen LogP contribution in [0.2, 0.25) is 0 Å². The molecule has 0 aliphatic carbocycles. The van der Waals surface area contributed by atoms with E-state index in [0.29, 0.717) is 26.3 Å². The third-order valence-corrected chi connectivity index (χ3v) is 3.38. The van der Waals surface area contributed by atoms with Crippen LogP contribution in [0.5, 0.6) is 0 Å². The molecular weight excluding hydrogens is 228 g/mol. The van der Waals surface area contributed by atoms with Gasteiger partial charge in [0.05, 0.1) is 0 Å². The summed E-state index contributed by atoms with van der Waals surface area (Å²) in [5.74, 6) is 0.230. The second kappa shape index (κ2) is 6.52. The summed E-state index contributed by atoms with van der Waals surface area (Å²) in [6, 6.07) is 7.93. The number of carbonyl (C=O) groups excluding carboxylic acids is 1. The van der Waals surface area contributed by atoms with Crippen LogP contribution in [0.4, 0.5) is 0 Å². The van der Waals surface area contributed by atoms with E-state index >= 15 is 0 Å². The van der Waals surface area contributed by atoms with Crippen LogP contribution in [0.15, 0.2) is 24.3 Å². The van der Waals surface area contributed by atoms with Gasteiger partial charge in [-0.3, -0.25) is 4.79 Å². The first-order valence-corrected chi connectivity index (χ1v) is 6.43. The number of amides is 1. The predicted molar refractivity (Wildman–Crippen MR) is 69.7 cm³/mol. The van der Waals surface area contributed by atoms with Gasteiger partial charge in [-0.1, -0.05) is 24.3 Å². The molecule has 1 aromatic rings. The highest BCUT2D eigenvalue weighted by atomic mass is 16.5. The Kier molecular flexibility index (Phi) is 4.73. The van der Waals surface area contributed by atoms with E-state index < -0.39 is 0 Å². The summed E-state index contributed by atoms with van der Waals surface area (Å²) in [6.07, 6.45) is 1.65. The monoisotopic (exact) mass is 248 g/mol. The van der Waals surface area contributed by atoms with Gasteiger partial charge in [-0.2, -0.15) is 0 Å². The first-order chi connectivity index (χ1) is 8.81. The van der Waals surface area contributed by atoms with Crippen molar-refractivity contribution in [3.8, 4) is 0 Å². The SMILES string of the molecule is NCc1ccccc1CNC(=O)C1CCOCC1. The van der Waals surface area contributed by atoms with Crippen molar-refractivity contribution >= 4 is 5.91 Å². The van der Waals surface area contributed by atoms with Crippen molar-refractivity contribution in [2.75, 3.05) is 13.2 Å². The van der Waals surface area contributed by atoms with Crippen molar-refractivity contribution in [1.82, 2.24) is 5.32 Å². The number of nitrogens with two attached hydrogens (primary N) is 1. The third-order valence-electron chi connectivity index (χ3n) is 3.38. The maximum absolute atomic E-state index is 12.0. The Hall–Kier alpha value is -1.39. The Balaban J connectivity index is 1.88. The summed E-state index contributed by atoms with van der Waals surface area (Å²) in [4.78, 5) is 12.0. The fourth-order valence-corrected chi connectivity index (χ4v) is 2.22. The second-order valence-electron chi connectivity index (χ2n) is 4.58. The molecule has 1 heterocycles. The molecule has 0 bridgehead atoms. The quantitative estimate of drug-likeness (QED) is 0.841. The van der Waals surface area contributed by atoms with Gasteiger partial charge in [0.1, 0.15) is 0 Å². The zero-order chi connectivity index (χ0) is 12.8. The Bertz CT molecular complexity index is 401. The lowest BCUT2D eigenvalue weighted by molar-refractivity contribution is -0.128. The van der Waals surface area contributed by atoms with E-state index in [2.05, 4.69) is 5.32 Å². The summed E-state index contributed by atoms with van der Waals surface area (Å²) in [5, 5.41) is 2.99. The predicted octanol–water partition coefficient (Wildman–Crippen LogP) is 1.19. The third kappa shape index (κ3) is 3.31. The zero-order valence-corrected chi connectivity index (χ0v) is 10.5. The lowest BCUT2D eigenvalue weighted by atomic mass is 9.99. The van der Waals surface area contributed by atoms with Crippen molar-refractivity contribution < 1.29 is 9.53 Å². The lowest BCUT2D eigenvalue weighted by Gasteiger charge is -2.21. The molecule has 1 aromatic carbocycles. The average molecular weight is 248 g/mol. The van der Waals surface area contributed by atoms with Gasteiger partial charge in [-0.15, -0.1) is 0 Å². The molecule has 3 N–H and O–H groups in total. The molecular formula is C14H20N2O2. The van der Waals surface area contributed by atoms with Crippen LogP contribution in [-0.2, 0) is 22.6 Å². The van der Waals surface area contributed by atoms with Crippen LogP contribution >= 0.6 is 0 Å². The molecule has 1 amide bonds.